The minimum Gasteiger partial charge on any atom is -0.317 e. The SMILES string of the molecule is O=C(Nc1ccc(Cn2cccn2)cc1)N1CCCC1c1cccc(F)c1. The van der Waals surface area contributed by atoms with E-state index in [9.17, 15) is 9.18 Å². The molecule has 2 aromatic carbocycles. The number of nitrogens with zero attached hydrogens (tertiary/aromatic N) is 3. The van der Waals surface area contributed by atoms with Crippen LogP contribution >= 0.6 is 0 Å². The summed E-state index contributed by atoms with van der Waals surface area (Å²) in [5.74, 6) is -0.271. The van der Waals surface area contributed by atoms with E-state index in [-0.39, 0.29) is 17.9 Å². The molecule has 1 aliphatic rings. The number of nitrogens with one attached hydrogen (secondary N) is 1. The number of carbonyl (C=O) groups is 1. The van der Waals surface area contributed by atoms with Gasteiger partial charge >= 0.3 is 6.03 Å². The van der Waals surface area contributed by atoms with Crippen molar-refractivity contribution in [3.63, 3.8) is 0 Å². The molecular formula is C21H21FN4O. The molecule has 1 unspecified atom stereocenters. The lowest BCUT2D eigenvalue weighted by Gasteiger charge is -2.25. The first-order valence-corrected chi connectivity index (χ1v) is 9.08. The normalized spacial score (nSPS) is 16.5. The van der Waals surface area contributed by atoms with Crippen molar-refractivity contribution in [2.24, 2.45) is 0 Å². The molecule has 27 heavy (non-hydrogen) atoms. The van der Waals surface area contributed by atoms with Crippen LogP contribution in [0.3, 0.4) is 0 Å². The zero-order valence-electron chi connectivity index (χ0n) is 14.9. The molecule has 0 radical (unpaired) electrons. The van der Waals surface area contributed by atoms with Crippen LogP contribution in [0.25, 0.3) is 0 Å². The average Bonchev–Trinajstić information content (AvgIpc) is 3.35. The molecule has 2 heterocycles. The molecule has 2 amide bonds. The van der Waals surface area contributed by atoms with Gasteiger partial charge in [-0.05, 0) is 54.3 Å². The van der Waals surface area contributed by atoms with Crippen LogP contribution in [0.5, 0.6) is 0 Å². The predicted octanol–water partition coefficient (Wildman–Crippen LogP) is 4.44. The summed E-state index contributed by atoms with van der Waals surface area (Å²) in [7, 11) is 0. The molecule has 0 spiro atoms. The Bertz CT molecular complexity index is 908. The van der Waals surface area contributed by atoms with Gasteiger partial charge in [-0.2, -0.15) is 5.10 Å². The Balaban J connectivity index is 1.42. The van der Waals surface area contributed by atoms with Gasteiger partial charge in [0, 0.05) is 24.6 Å². The first-order valence-electron chi connectivity index (χ1n) is 9.08. The number of likely N-dealkylation sites (tertiary alicyclic amines) is 1. The molecule has 3 aromatic rings. The number of hydrogen-bond acceptors (Lipinski definition) is 2. The second kappa shape index (κ2) is 7.61. The van der Waals surface area contributed by atoms with Gasteiger partial charge in [-0.3, -0.25) is 4.68 Å². The third-order valence-electron chi connectivity index (χ3n) is 4.86. The van der Waals surface area contributed by atoms with E-state index in [4.69, 9.17) is 0 Å². The van der Waals surface area contributed by atoms with E-state index in [0.29, 0.717) is 13.1 Å². The van der Waals surface area contributed by atoms with Crippen molar-refractivity contribution < 1.29 is 9.18 Å². The molecule has 4 rings (SSSR count). The van der Waals surface area contributed by atoms with Crippen LogP contribution in [0.15, 0.2) is 67.0 Å². The minimum absolute atomic E-state index is 0.0835. The summed E-state index contributed by atoms with van der Waals surface area (Å²) in [5, 5.41) is 7.15. The molecule has 1 fully saturated rings. The largest absolute Gasteiger partial charge is 0.322 e. The monoisotopic (exact) mass is 364 g/mol. The number of rotatable bonds is 4. The summed E-state index contributed by atoms with van der Waals surface area (Å²) in [4.78, 5) is 14.5. The summed E-state index contributed by atoms with van der Waals surface area (Å²) >= 11 is 0. The van der Waals surface area contributed by atoms with Crippen LogP contribution in [0.2, 0.25) is 0 Å². The van der Waals surface area contributed by atoms with Crippen LogP contribution in [0.4, 0.5) is 14.9 Å². The number of anilines is 1. The average molecular weight is 364 g/mol. The Morgan fingerprint density at radius 3 is 2.78 bits per heavy atom. The standard InChI is InChI=1S/C21H21FN4O/c22-18-5-1-4-17(14-18)20-6-2-13-26(20)21(27)24-19-9-7-16(8-10-19)15-25-12-3-11-23-25/h1,3-5,7-12,14,20H,2,6,13,15H2,(H,24,27). The molecule has 1 atom stereocenters. The first kappa shape index (κ1) is 17.3. The van der Waals surface area contributed by atoms with Crippen molar-refractivity contribution in [3.8, 4) is 0 Å². The van der Waals surface area contributed by atoms with Crippen LogP contribution in [0, 0.1) is 5.82 Å². The number of carbonyl (C=O) groups excluding carboxylic acids is 1. The maximum atomic E-state index is 13.5. The van der Waals surface area contributed by atoms with Crippen molar-refractivity contribution in [1.29, 1.82) is 0 Å². The summed E-state index contributed by atoms with van der Waals surface area (Å²) in [6.07, 6.45) is 5.42. The van der Waals surface area contributed by atoms with Crippen LogP contribution < -0.4 is 5.32 Å². The van der Waals surface area contributed by atoms with Gasteiger partial charge < -0.3 is 10.2 Å². The van der Waals surface area contributed by atoms with Crippen molar-refractivity contribution in [1.82, 2.24) is 14.7 Å². The smallest absolute Gasteiger partial charge is 0.317 e. The van der Waals surface area contributed by atoms with E-state index >= 15 is 0 Å². The summed E-state index contributed by atoms with van der Waals surface area (Å²) in [6.45, 7) is 1.36. The molecule has 1 aliphatic heterocycles. The fraction of sp³-hybridized carbons (Fsp3) is 0.238. The Morgan fingerprint density at radius 2 is 2.04 bits per heavy atom. The Kier molecular flexibility index (Phi) is 4.87. The zero-order valence-corrected chi connectivity index (χ0v) is 14.9. The highest BCUT2D eigenvalue weighted by atomic mass is 19.1. The van der Waals surface area contributed by atoms with Crippen LogP contribution in [-0.2, 0) is 6.54 Å². The van der Waals surface area contributed by atoms with E-state index < -0.39 is 0 Å². The van der Waals surface area contributed by atoms with Crippen molar-refractivity contribution in [3.05, 3.63) is 83.9 Å². The van der Waals surface area contributed by atoms with Gasteiger partial charge in [-0.15, -0.1) is 0 Å². The van der Waals surface area contributed by atoms with E-state index in [0.717, 1.165) is 29.7 Å². The van der Waals surface area contributed by atoms with Gasteiger partial charge in [0.1, 0.15) is 5.82 Å². The summed E-state index contributed by atoms with van der Waals surface area (Å²) in [5.41, 5.74) is 2.70. The van der Waals surface area contributed by atoms with Crippen LogP contribution in [0.1, 0.15) is 30.0 Å². The second-order valence-corrected chi connectivity index (χ2v) is 6.74. The van der Waals surface area contributed by atoms with Crippen molar-refractivity contribution in [2.75, 3.05) is 11.9 Å². The predicted molar refractivity (Wildman–Crippen MR) is 102 cm³/mol. The molecule has 5 nitrogen and oxygen atoms in total. The molecule has 1 saturated heterocycles. The highest BCUT2D eigenvalue weighted by molar-refractivity contribution is 5.89. The van der Waals surface area contributed by atoms with E-state index in [2.05, 4.69) is 10.4 Å². The quantitative estimate of drug-likeness (QED) is 0.744. The van der Waals surface area contributed by atoms with Crippen molar-refractivity contribution >= 4 is 11.7 Å². The molecule has 6 heteroatoms. The van der Waals surface area contributed by atoms with Gasteiger partial charge in [0.05, 0.1) is 12.6 Å². The van der Waals surface area contributed by atoms with Gasteiger partial charge in [0.25, 0.3) is 0 Å². The highest BCUT2D eigenvalue weighted by Gasteiger charge is 2.30. The molecule has 138 valence electrons. The van der Waals surface area contributed by atoms with Gasteiger partial charge in [0.15, 0.2) is 0 Å². The molecule has 1 N–H and O–H groups in total. The van der Waals surface area contributed by atoms with E-state index in [1.54, 1.807) is 17.2 Å². The lowest BCUT2D eigenvalue weighted by Crippen LogP contribution is -2.34. The number of halogens is 1. The van der Waals surface area contributed by atoms with E-state index in [1.165, 1.54) is 12.1 Å². The highest BCUT2D eigenvalue weighted by Crippen LogP contribution is 2.32. The van der Waals surface area contributed by atoms with Crippen molar-refractivity contribution in [2.45, 2.75) is 25.4 Å². The van der Waals surface area contributed by atoms with Gasteiger partial charge in [-0.25, -0.2) is 9.18 Å². The third-order valence-corrected chi connectivity index (χ3v) is 4.86. The number of amides is 2. The van der Waals surface area contributed by atoms with Gasteiger partial charge in [-0.1, -0.05) is 24.3 Å². The molecule has 0 saturated carbocycles. The lowest BCUT2D eigenvalue weighted by atomic mass is 10.0. The second-order valence-electron chi connectivity index (χ2n) is 6.74. The van der Waals surface area contributed by atoms with E-state index in [1.807, 2.05) is 47.3 Å². The number of hydrogen-bond donors (Lipinski definition) is 1. The number of aromatic nitrogens is 2. The zero-order chi connectivity index (χ0) is 18.6. The Labute approximate surface area is 157 Å². The number of urea groups is 1. The van der Waals surface area contributed by atoms with Crippen LogP contribution in [-0.4, -0.2) is 27.3 Å². The topological polar surface area (TPSA) is 50.2 Å². The Morgan fingerprint density at radius 1 is 1.19 bits per heavy atom. The number of benzene rings is 2. The molecule has 0 bridgehead atoms. The minimum atomic E-state index is -0.271. The summed E-state index contributed by atoms with van der Waals surface area (Å²) in [6, 6.07) is 15.9. The van der Waals surface area contributed by atoms with Gasteiger partial charge in [0.2, 0.25) is 0 Å². The fourth-order valence-corrected chi connectivity index (χ4v) is 3.54. The third kappa shape index (κ3) is 4.00. The molecule has 1 aromatic heterocycles. The first-order chi connectivity index (χ1) is 13.2. The fourth-order valence-electron chi connectivity index (χ4n) is 3.54. The maximum absolute atomic E-state index is 13.5. The maximum Gasteiger partial charge on any atom is 0.322 e. The molecular weight excluding hydrogens is 343 g/mol. The Hall–Kier alpha value is -3.15. The summed E-state index contributed by atoms with van der Waals surface area (Å²) < 4.78 is 15.4. The molecule has 0 aliphatic carbocycles. The lowest BCUT2D eigenvalue weighted by molar-refractivity contribution is 0.207.